The number of allylic oxidation sites excluding steroid dienone is 8. The van der Waals surface area contributed by atoms with Gasteiger partial charge in [-0.15, -0.1) is 0 Å². The van der Waals surface area contributed by atoms with E-state index in [1.807, 2.05) is 39.8 Å². The van der Waals surface area contributed by atoms with Gasteiger partial charge in [-0.05, 0) is 80.0 Å². The molecule has 9 nitrogen and oxygen atoms in total. The highest BCUT2D eigenvalue weighted by molar-refractivity contribution is 7.96. The molecule has 0 radical (unpaired) electrons. The van der Waals surface area contributed by atoms with Crippen LogP contribution in [0.2, 0.25) is 0 Å². The maximum absolute atomic E-state index is 13.5. The second kappa shape index (κ2) is 16.6. The van der Waals surface area contributed by atoms with E-state index in [1.54, 1.807) is 36.4 Å². The molecule has 1 N–H and O–H groups in total. The van der Waals surface area contributed by atoms with Crippen LogP contribution in [0.5, 0.6) is 0 Å². The second-order valence-corrected chi connectivity index (χ2v) is 18.8. The fraction of sp³-hybridized carbons (Fsp3) is 0.415. The monoisotopic (exact) mass is 735 g/mol. The summed E-state index contributed by atoms with van der Waals surface area (Å²) >= 11 is 0. The Morgan fingerprint density at radius 1 is 0.615 bits per heavy atom. The predicted octanol–water partition coefficient (Wildman–Crippen LogP) is 8.66. The molecule has 2 aliphatic rings. The first-order valence-electron chi connectivity index (χ1n) is 17.5. The van der Waals surface area contributed by atoms with E-state index in [2.05, 4.69) is 17.5 Å². The smallest absolute Gasteiger partial charge is 0.216 e. The summed E-state index contributed by atoms with van der Waals surface area (Å²) in [6.45, 7) is 8.63. The highest BCUT2D eigenvalue weighted by Gasteiger charge is 2.37. The summed E-state index contributed by atoms with van der Waals surface area (Å²) in [5.74, 6) is 0. The molecule has 11 heteroatoms. The molecule has 2 aliphatic carbocycles. The Labute approximate surface area is 309 Å². The average molecular weight is 736 g/mol. The van der Waals surface area contributed by atoms with E-state index in [0.29, 0.717) is 49.1 Å². The van der Waals surface area contributed by atoms with Gasteiger partial charge in [-0.25, -0.2) is 16.8 Å². The number of benzene rings is 2. The van der Waals surface area contributed by atoms with Gasteiger partial charge in [0.05, 0.1) is 27.0 Å². The number of nitriles is 4. The Kier molecular flexibility index (Phi) is 12.7. The molecule has 0 saturated carbocycles. The van der Waals surface area contributed by atoms with Gasteiger partial charge >= 0.3 is 0 Å². The lowest BCUT2D eigenvalue weighted by Gasteiger charge is -2.34. The number of sulfone groups is 2. The van der Waals surface area contributed by atoms with Crippen LogP contribution in [0.25, 0.3) is 0 Å². The summed E-state index contributed by atoms with van der Waals surface area (Å²) in [5.41, 5.74) is 1.95. The molecule has 0 amide bonds. The van der Waals surface area contributed by atoms with Crippen molar-refractivity contribution in [1.82, 2.24) is 5.32 Å². The van der Waals surface area contributed by atoms with Crippen LogP contribution in [0.4, 0.5) is 0 Å². The van der Waals surface area contributed by atoms with Crippen LogP contribution < -0.4 is 5.32 Å². The van der Waals surface area contributed by atoms with Crippen molar-refractivity contribution in [3.8, 4) is 24.3 Å². The quantitative estimate of drug-likeness (QED) is 0.156. The van der Waals surface area contributed by atoms with E-state index in [9.17, 15) is 37.9 Å². The Morgan fingerprint density at radius 3 is 1.54 bits per heavy atom. The molecule has 0 unspecified atom stereocenters. The molecule has 4 rings (SSSR count). The SMILES string of the molecule is CC1(C)CC(CCCCCCCNC2=C(C#N)/C(=C(\C#N)S(=O)(=O)c3ccccc3)CC(C)(C)C2)=C(C#N)/C(=C(\C#N)S(=O)(=O)c2ccccc2)C1. The van der Waals surface area contributed by atoms with Crippen molar-refractivity contribution in [3.63, 3.8) is 0 Å². The number of nitrogens with zero attached hydrogens (tertiary/aromatic N) is 4. The topological polar surface area (TPSA) is 175 Å². The third-order valence-electron chi connectivity index (χ3n) is 9.53. The van der Waals surface area contributed by atoms with Crippen LogP contribution >= 0.6 is 0 Å². The molecule has 0 atom stereocenters. The van der Waals surface area contributed by atoms with Crippen molar-refractivity contribution in [3.05, 3.63) is 104 Å². The van der Waals surface area contributed by atoms with E-state index in [4.69, 9.17) is 0 Å². The Hall–Kier alpha value is -4.94. The maximum atomic E-state index is 13.5. The van der Waals surface area contributed by atoms with Crippen molar-refractivity contribution in [1.29, 1.82) is 21.0 Å². The first-order chi connectivity index (χ1) is 24.6. The zero-order chi connectivity index (χ0) is 38.2. The predicted molar refractivity (Wildman–Crippen MR) is 200 cm³/mol. The molecule has 270 valence electrons. The molecule has 0 aliphatic heterocycles. The lowest BCUT2D eigenvalue weighted by Crippen LogP contribution is -2.29. The van der Waals surface area contributed by atoms with E-state index in [0.717, 1.165) is 37.7 Å². The summed E-state index contributed by atoms with van der Waals surface area (Å²) in [5, 5.41) is 43.8. The largest absolute Gasteiger partial charge is 0.387 e. The molecule has 0 spiro atoms. The van der Waals surface area contributed by atoms with Crippen LogP contribution in [-0.4, -0.2) is 23.4 Å². The molecule has 0 aromatic heterocycles. The van der Waals surface area contributed by atoms with Crippen LogP contribution in [0, 0.1) is 56.2 Å². The third-order valence-corrected chi connectivity index (χ3v) is 13.1. The fourth-order valence-corrected chi connectivity index (χ4v) is 9.91. The van der Waals surface area contributed by atoms with Gasteiger partial charge in [-0.1, -0.05) is 88.9 Å². The number of hydrogen-bond acceptors (Lipinski definition) is 9. The Balaban J connectivity index is 1.42. The fourth-order valence-electron chi connectivity index (χ4n) is 7.17. The highest BCUT2D eigenvalue weighted by Crippen LogP contribution is 2.46. The minimum atomic E-state index is -4.11. The Morgan fingerprint density at radius 2 is 1.06 bits per heavy atom. The molecule has 0 saturated heterocycles. The first-order valence-corrected chi connectivity index (χ1v) is 20.5. The van der Waals surface area contributed by atoms with Crippen LogP contribution in [0.1, 0.15) is 91.9 Å². The molecule has 2 aromatic rings. The van der Waals surface area contributed by atoms with Crippen molar-refractivity contribution >= 4 is 19.7 Å². The second-order valence-electron chi connectivity index (χ2n) is 15.0. The van der Waals surface area contributed by atoms with Gasteiger partial charge in [0.2, 0.25) is 19.7 Å². The lowest BCUT2D eigenvalue weighted by molar-refractivity contribution is 0.337. The lowest BCUT2D eigenvalue weighted by atomic mass is 9.71. The van der Waals surface area contributed by atoms with E-state index in [1.165, 1.54) is 24.3 Å². The molecule has 0 heterocycles. The minimum Gasteiger partial charge on any atom is -0.387 e. The van der Waals surface area contributed by atoms with Crippen molar-refractivity contribution < 1.29 is 16.8 Å². The molecular formula is C41H45N5O4S2. The third kappa shape index (κ3) is 9.10. The van der Waals surface area contributed by atoms with Crippen molar-refractivity contribution in [2.45, 2.75) is 102 Å². The maximum Gasteiger partial charge on any atom is 0.216 e. The normalized spacial score (nSPS) is 19.1. The molecule has 0 fully saturated rings. The molecular weight excluding hydrogens is 691 g/mol. The summed E-state index contributed by atoms with van der Waals surface area (Å²) < 4.78 is 53.9. The van der Waals surface area contributed by atoms with Gasteiger partial charge in [-0.3, -0.25) is 0 Å². The van der Waals surface area contributed by atoms with Gasteiger partial charge in [0, 0.05) is 23.4 Å². The van der Waals surface area contributed by atoms with Crippen LogP contribution in [0.15, 0.2) is 114 Å². The van der Waals surface area contributed by atoms with Crippen LogP contribution in [0.3, 0.4) is 0 Å². The number of unbranched alkanes of at least 4 members (excludes halogenated alkanes) is 4. The van der Waals surface area contributed by atoms with Gasteiger partial charge in [0.15, 0.2) is 9.81 Å². The number of hydrogen-bond donors (Lipinski definition) is 1. The molecule has 0 bridgehead atoms. The number of nitrogens with one attached hydrogen (secondary N) is 1. The van der Waals surface area contributed by atoms with E-state index < -0.39 is 19.7 Å². The number of rotatable bonds is 13. The van der Waals surface area contributed by atoms with Gasteiger partial charge in [-0.2, -0.15) is 21.0 Å². The van der Waals surface area contributed by atoms with Gasteiger partial charge < -0.3 is 5.32 Å². The molecule has 52 heavy (non-hydrogen) atoms. The summed E-state index contributed by atoms with van der Waals surface area (Å²) in [7, 11) is -8.20. The minimum absolute atomic E-state index is 0.0152. The van der Waals surface area contributed by atoms with Crippen molar-refractivity contribution in [2.24, 2.45) is 10.8 Å². The summed E-state index contributed by atoms with van der Waals surface area (Å²) in [6, 6.07) is 23.9. The zero-order valence-electron chi connectivity index (χ0n) is 30.3. The van der Waals surface area contributed by atoms with Gasteiger partial charge in [0.1, 0.15) is 18.2 Å². The zero-order valence-corrected chi connectivity index (χ0v) is 31.9. The van der Waals surface area contributed by atoms with E-state index >= 15 is 0 Å². The molecule has 2 aromatic carbocycles. The van der Waals surface area contributed by atoms with E-state index in [-0.39, 0.29) is 48.0 Å². The summed E-state index contributed by atoms with van der Waals surface area (Å²) in [4.78, 5) is -0.694. The average Bonchev–Trinajstić information content (AvgIpc) is 3.09. The highest BCUT2D eigenvalue weighted by atomic mass is 32.2. The van der Waals surface area contributed by atoms with Crippen LogP contribution in [-0.2, 0) is 19.7 Å². The Bertz CT molecular complexity index is 2040. The standard InChI is InChI=1S/C41H45N5O4S2/c1-40(2)22-30(35(26-42)33(23-40)38(28-44)51(47,48)31-17-11-8-12-18-31)16-10-6-5-7-15-21-46-37-25-41(3,4)24-34(36(37)27-43)39(29-45)52(49,50)32-19-13-9-14-20-32/h8-9,11-14,17-20,46H,5-7,10,15-16,21-25H2,1-4H3/b38-33+,39-34+. The van der Waals surface area contributed by atoms with Crippen molar-refractivity contribution in [2.75, 3.05) is 6.54 Å². The van der Waals surface area contributed by atoms with Gasteiger partial charge in [0.25, 0.3) is 0 Å². The summed E-state index contributed by atoms with van der Waals surface area (Å²) in [6.07, 6.45) is 6.77. The first kappa shape index (κ1) is 39.8.